The summed E-state index contributed by atoms with van der Waals surface area (Å²) in [5.41, 5.74) is 4.51. The lowest BCUT2D eigenvalue weighted by atomic mass is 10.5. The van der Waals surface area contributed by atoms with Gasteiger partial charge in [0.25, 0.3) is 0 Å². The summed E-state index contributed by atoms with van der Waals surface area (Å²) < 4.78 is 3.98. The zero-order chi connectivity index (χ0) is 6.57. The van der Waals surface area contributed by atoms with Crippen molar-refractivity contribution in [2.45, 2.75) is 19.6 Å². The number of hydrogen-bond acceptors (Lipinski definition) is 2. The molecular formula is C4H8NO3. The Morgan fingerprint density at radius 1 is 1.88 bits per heavy atom. The maximum Gasteiger partial charge on any atom is 0.406 e. The number of carbonyl (C=O) groups is 1. The second-order valence-corrected chi connectivity index (χ2v) is 1.27. The Kier molecular flexibility index (Phi) is 2.95. The van der Waals surface area contributed by atoms with Crippen molar-refractivity contribution in [2.24, 2.45) is 5.73 Å². The van der Waals surface area contributed by atoms with Crippen molar-refractivity contribution in [3.05, 3.63) is 0 Å². The third kappa shape index (κ3) is 3.42. The van der Waals surface area contributed by atoms with Crippen molar-refractivity contribution in [3.63, 3.8) is 0 Å². The first-order valence-electron chi connectivity index (χ1n) is 2.28. The van der Waals surface area contributed by atoms with Crippen molar-refractivity contribution in [1.82, 2.24) is 0 Å². The fourth-order valence-electron chi connectivity index (χ4n) is 0.213. The third-order valence-electron chi connectivity index (χ3n) is 0.581. The Bertz CT molecular complexity index is 83.4. The van der Waals surface area contributed by atoms with Gasteiger partial charge in [0.1, 0.15) is 0 Å². The zero-order valence-corrected chi connectivity index (χ0v) is 4.59. The minimum absolute atomic E-state index is 0.253. The van der Waals surface area contributed by atoms with E-state index in [1.165, 1.54) is 0 Å². The van der Waals surface area contributed by atoms with Crippen LogP contribution in [-0.2, 0) is 9.84 Å². The highest BCUT2D eigenvalue weighted by Crippen LogP contribution is 1.91. The van der Waals surface area contributed by atoms with Gasteiger partial charge in [-0.1, -0.05) is 6.92 Å². The van der Waals surface area contributed by atoms with Gasteiger partial charge in [0.15, 0.2) is 0 Å². The molecule has 0 saturated carbocycles. The van der Waals surface area contributed by atoms with Crippen LogP contribution in [0.2, 0.25) is 0 Å². The summed E-state index contributed by atoms with van der Waals surface area (Å²) >= 11 is 0. The summed E-state index contributed by atoms with van der Waals surface area (Å²) in [6.45, 7) is 1.61. The van der Waals surface area contributed by atoms with Gasteiger partial charge in [-0.25, -0.2) is 4.79 Å². The van der Waals surface area contributed by atoms with E-state index in [4.69, 9.17) is 0 Å². The number of hydrogen-bond donors (Lipinski definition) is 1. The highest BCUT2D eigenvalue weighted by molar-refractivity contribution is 5.64. The molecule has 0 aromatic heterocycles. The number of primary amides is 1. The minimum atomic E-state index is -1.30. The number of nitrogens with two attached hydrogens (primary N) is 1. The van der Waals surface area contributed by atoms with E-state index < -0.39 is 12.4 Å². The Morgan fingerprint density at radius 2 is 2.38 bits per heavy atom. The molecule has 47 valence electrons. The van der Waals surface area contributed by atoms with Crippen LogP contribution < -0.4 is 5.73 Å². The highest BCUT2D eigenvalue weighted by atomic mass is 16.6. The molecule has 0 aliphatic carbocycles. The van der Waals surface area contributed by atoms with Crippen molar-refractivity contribution in [2.75, 3.05) is 0 Å². The Morgan fingerprint density at radius 3 is 2.50 bits per heavy atom. The molecule has 4 heteroatoms. The molecule has 1 unspecified atom stereocenters. The molecule has 0 fully saturated rings. The van der Waals surface area contributed by atoms with Crippen LogP contribution in [0.1, 0.15) is 13.3 Å². The Balaban J connectivity index is 3.24. The van der Waals surface area contributed by atoms with Crippen LogP contribution in [0.25, 0.3) is 0 Å². The van der Waals surface area contributed by atoms with Crippen LogP contribution in [0.3, 0.4) is 0 Å². The largest absolute Gasteiger partial charge is 0.417 e. The summed E-state index contributed by atoms with van der Waals surface area (Å²) in [4.78, 5) is 9.77. The average Bonchev–Trinajstić information content (AvgIpc) is 1.65. The number of ether oxygens (including phenoxy) is 1. The van der Waals surface area contributed by atoms with Crippen LogP contribution in [-0.4, -0.2) is 12.4 Å². The molecule has 0 aliphatic rings. The van der Waals surface area contributed by atoms with E-state index in [1.54, 1.807) is 6.92 Å². The molecule has 0 rings (SSSR count). The standard InChI is InChI=1S/C4H8NO3/c1-2-3(6)8-4(5)7/h3H,2H2,1H3,(H2,5,7). The summed E-state index contributed by atoms with van der Waals surface area (Å²) in [6.07, 6.45) is -2.05. The average molecular weight is 118 g/mol. The predicted octanol–water partition coefficient (Wildman–Crippen LogP) is 0.248. The molecule has 1 radical (unpaired) electrons. The maximum absolute atomic E-state index is 10.2. The van der Waals surface area contributed by atoms with E-state index in [2.05, 4.69) is 10.5 Å². The quantitative estimate of drug-likeness (QED) is 0.528. The molecule has 0 aliphatic heterocycles. The normalized spacial score (nSPS) is 12.8. The lowest BCUT2D eigenvalue weighted by Crippen LogP contribution is -2.20. The molecule has 0 bridgehead atoms. The fraction of sp³-hybridized carbons (Fsp3) is 0.750. The summed E-state index contributed by atoms with van der Waals surface area (Å²) in [5.74, 6) is 0. The lowest BCUT2D eigenvalue weighted by Gasteiger charge is -2.02. The maximum atomic E-state index is 10.2. The molecule has 0 saturated heterocycles. The van der Waals surface area contributed by atoms with Crippen molar-refractivity contribution in [1.29, 1.82) is 0 Å². The van der Waals surface area contributed by atoms with E-state index in [-0.39, 0.29) is 6.42 Å². The van der Waals surface area contributed by atoms with Gasteiger partial charge in [-0.05, 0) is 0 Å². The molecule has 1 amide bonds. The van der Waals surface area contributed by atoms with Crippen LogP contribution in [0, 0.1) is 0 Å². The van der Waals surface area contributed by atoms with Gasteiger partial charge in [-0.2, -0.15) is 5.11 Å². The third-order valence-corrected chi connectivity index (χ3v) is 0.581. The highest BCUT2D eigenvalue weighted by Gasteiger charge is 2.04. The second-order valence-electron chi connectivity index (χ2n) is 1.27. The monoisotopic (exact) mass is 118 g/mol. The van der Waals surface area contributed by atoms with E-state index in [0.29, 0.717) is 0 Å². The minimum Gasteiger partial charge on any atom is -0.417 e. The van der Waals surface area contributed by atoms with Gasteiger partial charge in [0.05, 0.1) is 0 Å². The molecule has 2 N–H and O–H groups in total. The van der Waals surface area contributed by atoms with Crippen molar-refractivity contribution < 1.29 is 14.6 Å². The van der Waals surface area contributed by atoms with Crippen LogP contribution in [0.4, 0.5) is 4.79 Å². The van der Waals surface area contributed by atoms with Gasteiger partial charge >= 0.3 is 6.09 Å². The van der Waals surface area contributed by atoms with Crippen molar-refractivity contribution >= 4 is 6.09 Å². The van der Waals surface area contributed by atoms with Crippen molar-refractivity contribution in [3.8, 4) is 0 Å². The molecule has 0 heterocycles. The van der Waals surface area contributed by atoms with Gasteiger partial charge < -0.3 is 10.5 Å². The fourth-order valence-corrected chi connectivity index (χ4v) is 0.213. The molecule has 8 heavy (non-hydrogen) atoms. The molecule has 4 nitrogen and oxygen atoms in total. The smallest absolute Gasteiger partial charge is 0.406 e. The summed E-state index contributed by atoms with van der Waals surface area (Å²) in [7, 11) is 0. The molecular weight excluding hydrogens is 110 g/mol. The number of rotatable bonds is 2. The number of carbonyl (C=O) groups excluding carboxylic acids is 1. The summed E-state index contributed by atoms with van der Waals surface area (Å²) in [5, 5.41) is 10.2. The van der Waals surface area contributed by atoms with Crippen LogP contribution >= 0.6 is 0 Å². The lowest BCUT2D eigenvalue weighted by molar-refractivity contribution is -0.0958. The first-order chi connectivity index (χ1) is 3.66. The van der Waals surface area contributed by atoms with E-state index in [0.717, 1.165) is 0 Å². The first-order valence-corrected chi connectivity index (χ1v) is 2.28. The Hall–Kier alpha value is -0.770. The zero-order valence-electron chi connectivity index (χ0n) is 4.59. The molecule has 0 spiro atoms. The van der Waals surface area contributed by atoms with Gasteiger partial charge in [0.2, 0.25) is 6.29 Å². The Labute approximate surface area is 47.2 Å². The SMILES string of the molecule is CCC([O])OC(N)=O. The first kappa shape index (κ1) is 7.23. The molecule has 1 atom stereocenters. The van der Waals surface area contributed by atoms with E-state index in [1.807, 2.05) is 0 Å². The topological polar surface area (TPSA) is 72.2 Å². The van der Waals surface area contributed by atoms with Gasteiger partial charge in [0, 0.05) is 6.42 Å². The van der Waals surface area contributed by atoms with E-state index >= 15 is 0 Å². The van der Waals surface area contributed by atoms with Gasteiger partial charge in [-0.15, -0.1) is 0 Å². The number of amides is 1. The molecule has 0 aromatic rings. The predicted molar refractivity (Wildman–Crippen MR) is 25.4 cm³/mol. The molecule has 0 aromatic carbocycles. The van der Waals surface area contributed by atoms with Crippen LogP contribution in [0.15, 0.2) is 0 Å². The van der Waals surface area contributed by atoms with Crippen LogP contribution in [0.5, 0.6) is 0 Å². The van der Waals surface area contributed by atoms with Gasteiger partial charge in [-0.3, -0.25) is 0 Å². The van der Waals surface area contributed by atoms with E-state index in [9.17, 15) is 9.90 Å². The summed E-state index contributed by atoms with van der Waals surface area (Å²) in [6, 6.07) is 0. The second kappa shape index (κ2) is 3.26.